The summed E-state index contributed by atoms with van der Waals surface area (Å²) in [5.41, 5.74) is 2.68. The molecule has 0 aromatic heterocycles. The van der Waals surface area contributed by atoms with Crippen molar-refractivity contribution in [3.05, 3.63) is 91.0 Å². The highest BCUT2D eigenvalue weighted by molar-refractivity contribution is 5.97. The molecule has 0 radical (unpaired) electrons. The molecule has 0 heterocycles. The molecule has 6 nitrogen and oxygen atoms in total. The van der Waals surface area contributed by atoms with Gasteiger partial charge < -0.3 is 19.7 Å². The topological polar surface area (TPSA) is 67.9 Å². The first-order valence-corrected chi connectivity index (χ1v) is 17.5. The minimum absolute atomic E-state index is 0.0483. The van der Waals surface area contributed by atoms with Crippen LogP contribution in [0.4, 0.5) is 5.69 Å². The minimum atomic E-state index is -0.568. The fourth-order valence-electron chi connectivity index (χ4n) is 5.81. The Balaban J connectivity index is 2.21. The number of carbonyl (C=O) groups excluding carboxylic acids is 2. The van der Waals surface area contributed by atoms with E-state index in [1.165, 1.54) is 38.5 Å². The highest BCUT2D eigenvalue weighted by atomic mass is 16.7. The summed E-state index contributed by atoms with van der Waals surface area (Å²) in [6.07, 6.45) is 20.4. The van der Waals surface area contributed by atoms with E-state index in [2.05, 4.69) is 18.5 Å². The van der Waals surface area contributed by atoms with Gasteiger partial charge in [-0.2, -0.15) is 0 Å². The molecule has 0 aliphatic heterocycles. The summed E-state index contributed by atoms with van der Waals surface area (Å²) in [7, 11) is 3.22. The number of amides is 2. The smallest absolute Gasteiger partial charge is 0.247 e. The number of rotatable bonds is 27. The standard InChI is InChI=1S/C40H60N2O4/c1-5-7-9-11-13-15-17-22-30-37(40(44)41-36-29-25-24-28-35(36)32-39(45-3)46-4)42(33-34-26-20-19-21-27-34)38(43)31-23-18-16-14-12-10-8-6-2/h5-6,19-21,24-29,37,39H,1-2,7-18,22-23,30-33H2,3-4H3,(H,41,44). The number of allylic oxidation sites excluding steroid dienone is 2. The number of anilines is 1. The Labute approximate surface area is 279 Å². The average Bonchev–Trinajstić information content (AvgIpc) is 3.08. The van der Waals surface area contributed by atoms with Crippen molar-refractivity contribution in [2.75, 3.05) is 19.5 Å². The third kappa shape index (κ3) is 15.9. The van der Waals surface area contributed by atoms with Crippen LogP contribution in [0.2, 0.25) is 0 Å². The third-order valence-corrected chi connectivity index (χ3v) is 8.57. The van der Waals surface area contributed by atoms with Crippen molar-refractivity contribution in [1.82, 2.24) is 4.90 Å². The lowest BCUT2D eigenvalue weighted by atomic mass is 10.0. The molecule has 0 saturated carbocycles. The number of hydrogen-bond donors (Lipinski definition) is 1. The molecular weight excluding hydrogens is 572 g/mol. The number of carbonyl (C=O) groups is 2. The van der Waals surface area contributed by atoms with Crippen LogP contribution in [0, 0.1) is 0 Å². The number of nitrogens with zero attached hydrogens (tertiary/aromatic N) is 1. The predicted octanol–water partition coefficient (Wildman–Crippen LogP) is 9.80. The van der Waals surface area contributed by atoms with Crippen LogP contribution in [0.25, 0.3) is 0 Å². The zero-order chi connectivity index (χ0) is 33.2. The van der Waals surface area contributed by atoms with Crippen LogP contribution in [-0.2, 0) is 32.0 Å². The lowest BCUT2D eigenvalue weighted by molar-refractivity contribution is -0.139. The van der Waals surface area contributed by atoms with Crippen LogP contribution in [0.1, 0.15) is 114 Å². The van der Waals surface area contributed by atoms with Crippen molar-refractivity contribution in [3.63, 3.8) is 0 Å². The molecule has 1 unspecified atom stereocenters. The molecule has 254 valence electrons. The quantitative estimate of drug-likeness (QED) is 0.0605. The fraction of sp³-hybridized carbons (Fsp3) is 0.550. The van der Waals surface area contributed by atoms with Crippen molar-refractivity contribution in [1.29, 1.82) is 0 Å². The molecule has 2 amide bonds. The predicted molar refractivity (Wildman–Crippen MR) is 192 cm³/mol. The lowest BCUT2D eigenvalue weighted by Crippen LogP contribution is -2.47. The Bertz CT molecular complexity index is 1120. The molecule has 0 saturated heterocycles. The summed E-state index contributed by atoms with van der Waals surface area (Å²) in [5, 5.41) is 3.20. The molecule has 46 heavy (non-hydrogen) atoms. The van der Waals surface area contributed by atoms with E-state index >= 15 is 0 Å². The summed E-state index contributed by atoms with van der Waals surface area (Å²) < 4.78 is 10.9. The normalized spacial score (nSPS) is 11.7. The van der Waals surface area contributed by atoms with E-state index in [-0.39, 0.29) is 11.8 Å². The van der Waals surface area contributed by atoms with Crippen LogP contribution in [-0.4, -0.2) is 43.3 Å². The van der Waals surface area contributed by atoms with Gasteiger partial charge in [0.15, 0.2) is 6.29 Å². The molecule has 6 heteroatoms. The Kier molecular flexibility index (Phi) is 21.1. The zero-order valence-electron chi connectivity index (χ0n) is 28.7. The minimum Gasteiger partial charge on any atom is -0.356 e. The number of para-hydroxylation sites is 1. The van der Waals surface area contributed by atoms with Gasteiger partial charge in [-0.05, 0) is 55.7 Å². The second-order valence-corrected chi connectivity index (χ2v) is 12.2. The first-order valence-electron chi connectivity index (χ1n) is 17.5. The Hall–Kier alpha value is -3.22. The number of methoxy groups -OCH3 is 2. The van der Waals surface area contributed by atoms with Crippen LogP contribution in [0.15, 0.2) is 79.9 Å². The summed E-state index contributed by atoms with van der Waals surface area (Å²) >= 11 is 0. The van der Waals surface area contributed by atoms with Gasteiger partial charge >= 0.3 is 0 Å². The highest BCUT2D eigenvalue weighted by Crippen LogP contribution is 2.23. The Morgan fingerprint density at radius 1 is 0.739 bits per heavy atom. The van der Waals surface area contributed by atoms with Gasteiger partial charge in [-0.3, -0.25) is 9.59 Å². The molecule has 2 aromatic rings. The number of unbranched alkanes of at least 4 members (excludes halogenated alkanes) is 12. The molecule has 1 atom stereocenters. The Morgan fingerprint density at radius 3 is 1.89 bits per heavy atom. The Morgan fingerprint density at radius 2 is 1.28 bits per heavy atom. The van der Waals surface area contributed by atoms with Gasteiger partial charge in [0.1, 0.15) is 6.04 Å². The second-order valence-electron chi connectivity index (χ2n) is 12.2. The maximum absolute atomic E-state index is 14.2. The van der Waals surface area contributed by atoms with Crippen molar-refractivity contribution in [3.8, 4) is 0 Å². The first-order chi connectivity index (χ1) is 22.5. The lowest BCUT2D eigenvalue weighted by Gasteiger charge is -2.32. The summed E-state index contributed by atoms with van der Waals surface area (Å²) in [4.78, 5) is 30.0. The van der Waals surface area contributed by atoms with Crippen molar-refractivity contribution in [2.45, 2.75) is 128 Å². The second kappa shape index (κ2) is 24.9. The molecule has 0 aliphatic carbocycles. The third-order valence-electron chi connectivity index (χ3n) is 8.57. The first kappa shape index (κ1) is 39.0. The van der Waals surface area contributed by atoms with E-state index in [1.807, 2.05) is 71.6 Å². The fourth-order valence-corrected chi connectivity index (χ4v) is 5.81. The van der Waals surface area contributed by atoms with Gasteiger partial charge in [0.25, 0.3) is 0 Å². The van der Waals surface area contributed by atoms with E-state index in [9.17, 15) is 9.59 Å². The maximum atomic E-state index is 14.2. The van der Waals surface area contributed by atoms with Crippen LogP contribution in [0.5, 0.6) is 0 Å². The molecule has 0 fully saturated rings. The molecule has 1 N–H and O–H groups in total. The number of ether oxygens (including phenoxy) is 2. The monoisotopic (exact) mass is 632 g/mol. The van der Waals surface area contributed by atoms with Gasteiger partial charge in [0.2, 0.25) is 11.8 Å². The molecular formula is C40H60N2O4. The van der Waals surface area contributed by atoms with Gasteiger partial charge in [0.05, 0.1) is 0 Å². The number of hydrogen-bond acceptors (Lipinski definition) is 4. The maximum Gasteiger partial charge on any atom is 0.247 e. The van der Waals surface area contributed by atoms with Gasteiger partial charge in [0, 0.05) is 39.3 Å². The molecule has 0 aliphatic rings. The SMILES string of the molecule is C=CCCCCCCCCC(=O)N(Cc1ccccc1)C(CCCCCCCCC=C)C(=O)Nc1ccccc1CC(OC)OC. The highest BCUT2D eigenvalue weighted by Gasteiger charge is 2.30. The van der Waals surface area contributed by atoms with Crippen molar-refractivity contribution in [2.24, 2.45) is 0 Å². The van der Waals surface area contributed by atoms with E-state index in [0.717, 1.165) is 68.2 Å². The summed E-state index contributed by atoms with van der Waals surface area (Å²) in [6.45, 7) is 8.04. The van der Waals surface area contributed by atoms with Gasteiger partial charge in [-0.15, -0.1) is 13.2 Å². The van der Waals surface area contributed by atoms with Gasteiger partial charge in [-0.1, -0.05) is 118 Å². The van der Waals surface area contributed by atoms with Gasteiger partial charge in [-0.25, -0.2) is 0 Å². The largest absolute Gasteiger partial charge is 0.356 e. The van der Waals surface area contributed by atoms with E-state index < -0.39 is 12.3 Å². The van der Waals surface area contributed by atoms with Crippen LogP contribution < -0.4 is 5.32 Å². The van der Waals surface area contributed by atoms with Crippen molar-refractivity contribution >= 4 is 17.5 Å². The summed E-state index contributed by atoms with van der Waals surface area (Å²) in [6, 6.07) is 17.2. The number of benzene rings is 2. The molecule has 0 spiro atoms. The summed E-state index contributed by atoms with van der Waals surface area (Å²) in [5.74, 6) is -0.0940. The van der Waals surface area contributed by atoms with E-state index in [0.29, 0.717) is 25.8 Å². The molecule has 0 bridgehead atoms. The van der Waals surface area contributed by atoms with Crippen LogP contribution in [0.3, 0.4) is 0 Å². The van der Waals surface area contributed by atoms with Crippen molar-refractivity contribution < 1.29 is 19.1 Å². The zero-order valence-corrected chi connectivity index (χ0v) is 28.7. The number of nitrogens with one attached hydrogen (secondary N) is 1. The molecule has 2 aromatic carbocycles. The van der Waals surface area contributed by atoms with E-state index in [4.69, 9.17) is 9.47 Å². The van der Waals surface area contributed by atoms with Crippen LogP contribution >= 0.6 is 0 Å². The van der Waals surface area contributed by atoms with E-state index in [1.54, 1.807) is 14.2 Å². The molecule has 2 rings (SSSR count). The average molecular weight is 633 g/mol.